The van der Waals surface area contributed by atoms with E-state index in [2.05, 4.69) is 0 Å². The first kappa shape index (κ1) is 17.6. The molecule has 124 valence electrons. The molecular weight excluding hydrogens is 318 g/mol. The molecule has 7 heteroatoms. The second-order valence-corrected chi connectivity index (χ2v) is 6.52. The van der Waals surface area contributed by atoms with Crippen LogP contribution in [0.1, 0.15) is 31.4 Å². The summed E-state index contributed by atoms with van der Waals surface area (Å²) in [6, 6.07) is 2.79. The molecule has 2 atom stereocenters. The molecule has 0 aromatic heterocycles. The fraction of sp³-hybridized carbons (Fsp3) is 0.600. The van der Waals surface area contributed by atoms with Gasteiger partial charge in [-0.3, -0.25) is 0 Å². The maximum atomic E-state index is 13.5. The highest BCUT2D eigenvalue weighted by atomic mass is 32.2. The summed E-state index contributed by atoms with van der Waals surface area (Å²) in [6.45, 7) is 3.07. The molecule has 0 N–H and O–H groups in total. The Morgan fingerprint density at radius 2 is 2.00 bits per heavy atom. The molecule has 1 aliphatic heterocycles. The summed E-state index contributed by atoms with van der Waals surface area (Å²) in [5.41, 5.74) is 0.0555. The summed E-state index contributed by atoms with van der Waals surface area (Å²) in [5.74, 6) is -0.541. The van der Waals surface area contributed by atoms with Crippen LogP contribution in [0.2, 0.25) is 0 Å². The van der Waals surface area contributed by atoms with E-state index in [-0.39, 0.29) is 17.4 Å². The number of ether oxygens (including phenoxy) is 1. The molecule has 1 heterocycles. The fourth-order valence-electron chi connectivity index (χ4n) is 2.47. The minimum atomic E-state index is -4.42. The van der Waals surface area contributed by atoms with Gasteiger partial charge in [-0.15, -0.1) is 0 Å². The molecule has 2 unspecified atom stereocenters. The second-order valence-electron chi connectivity index (χ2n) is 5.17. The highest BCUT2D eigenvalue weighted by molar-refractivity contribution is 7.97. The van der Waals surface area contributed by atoms with Crippen molar-refractivity contribution in [3.8, 4) is 0 Å². The fourth-order valence-corrected chi connectivity index (χ4v) is 3.79. The summed E-state index contributed by atoms with van der Waals surface area (Å²) in [4.78, 5) is 0. The van der Waals surface area contributed by atoms with E-state index in [9.17, 15) is 17.6 Å². The summed E-state index contributed by atoms with van der Waals surface area (Å²) in [6.07, 6.45) is -2.71. The SMILES string of the molecule is CCN(SC1CCCOC1)C(c1ccc(F)cc1)C(F)(F)F. The Hall–Kier alpha value is -0.790. The van der Waals surface area contributed by atoms with Gasteiger partial charge in [0.2, 0.25) is 0 Å². The number of hydrogen-bond donors (Lipinski definition) is 0. The summed E-state index contributed by atoms with van der Waals surface area (Å²) < 4.78 is 60.2. The molecule has 1 aromatic rings. The summed E-state index contributed by atoms with van der Waals surface area (Å²) in [7, 11) is 0. The monoisotopic (exact) mass is 337 g/mol. The van der Waals surface area contributed by atoms with Crippen LogP contribution in [-0.4, -0.2) is 35.5 Å². The Bertz CT molecular complexity index is 460. The first-order valence-corrected chi connectivity index (χ1v) is 8.08. The van der Waals surface area contributed by atoms with Crippen LogP contribution >= 0.6 is 11.9 Å². The van der Waals surface area contributed by atoms with Crippen molar-refractivity contribution in [2.24, 2.45) is 0 Å². The Labute approximate surface area is 132 Å². The molecule has 0 saturated carbocycles. The van der Waals surface area contributed by atoms with E-state index in [4.69, 9.17) is 4.74 Å². The number of hydrogen-bond acceptors (Lipinski definition) is 3. The van der Waals surface area contributed by atoms with Gasteiger partial charge in [-0.1, -0.05) is 31.0 Å². The topological polar surface area (TPSA) is 12.5 Å². The largest absolute Gasteiger partial charge is 0.408 e. The minimum Gasteiger partial charge on any atom is -0.380 e. The van der Waals surface area contributed by atoms with Crippen molar-refractivity contribution in [1.82, 2.24) is 4.31 Å². The molecule has 2 rings (SSSR count). The number of rotatable bonds is 5. The molecule has 1 aliphatic rings. The lowest BCUT2D eigenvalue weighted by molar-refractivity contribution is -0.172. The van der Waals surface area contributed by atoms with Crippen molar-refractivity contribution in [1.29, 1.82) is 0 Å². The predicted molar refractivity (Wildman–Crippen MR) is 79.0 cm³/mol. The lowest BCUT2D eigenvalue weighted by atomic mass is 10.1. The molecule has 1 fully saturated rings. The van der Waals surface area contributed by atoms with Gasteiger partial charge in [0, 0.05) is 18.4 Å². The van der Waals surface area contributed by atoms with Crippen molar-refractivity contribution in [2.75, 3.05) is 19.8 Å². The van der Waals surface area contributed by atoms with Crippen molar-refractivity contribution in [2.45, 2.75) is 37.2 Å². The Morgan fingerprint density at radius 3 is 2.50 bits per heavy atom. The maximum Gasteiger partial charge on any atom is 0.408 e. The zero-order valence-electron chi connectivity index (χ0n) is 12.3. The predicted octanol–water partition coefficient (Wildman–Crippen LogP) is 4.58. The van der Waals surface area contributed by atoms with Gasteiger partial charge in [0.1, 0.15) is 11.9 Å². The number of benzene rings is 1. The van der Waals surface area contributed by atoms with Crippen LogP contribution in [0.3, 0.4) is 0 Å². The Balaban J connectivity index is 2.20. The number of alkyl halides is 3. The van der Waals surface area contributed by atoms with Gasteiger partial charge in [0.15, 0.2) is 0 Å². The van der Waals surface area contributed by atoms with Gasteiger partial charge in [-0.25, -0.2) is 8.70 Å². The summed E-state index contributed by atoms with van der Waals surface area (Å²) in [5, 5.41) is 0.0269. The van der Waals surface area contributed by atoms with Gasteiger partial charge in [-0.05, 0) is 30.5 Å². The third kappa shape index (κ3) is 4.60. The molecule has 0 radical (unpaired) electrons. The molecule has 1 saturated heterocycles. The third-order valence-electron chi connectivity index (χ3n) is 3.50. The van der Waals surface area contributed by atoms with Crippen molar-refractivity contribution in [3.63, 3.8) is 0 Å². The average Bonchev–Trinajstić information content (AvgIpc) is 2.48. The van der Waals surface area contributed by atoms with Crippen LogP contribution in [0.4, 0.5) is 17.6 Å². The Morgan fingerprint density at radius 1 is 1.32 bits per heavy atom. The molecule has 0 aliphatic carbocycles. The number of halogens is 4. The molecule has 22 heavy (non-hydrogen) atoms. The van der Waals surface area contributed by atoms with E-state index in [1.165, 1.54) is 28.4 Å². The molecule has 0 spiro atoms. The van der Waals surface area contributed by atoms with E-state index >= 15 is 0 Å². The highest BCUT2D eigenvalue weighted by Gasteiger charge is 2.45. The smallest absolute Gasteiger partial charge is 0.380 e. The van der Waals surface area contributed by atoms with Gasteiger partial charge < -0.3 is 4.74 Å². The first-order valence-electron chi connectivity index (χ1n) is 7.25. The van der Waals surface area contributed by atoms with E-state index < -0.39 is 18.0 Å². The van der Waals surface area contributed by atoms with Crippen LogP contribution in [0, 0.1) is 5.82 Å². The van der Waals surface area contributed by atoms with Crippen molar-refractivity contribution in [3.05, 3.63) is 35.6 Å². The maximum absolute atomic E-state index is 13.5. The molecule has 1 aromatic carbocycles. The zero-order valence-corrected chi connectivity index (χ0v) is 13.1. The average molecular weight is 337 g/mol. The highest BCUT2D eigenvalue weighted by Crippen LogP contribution is 2.42. The second kappa shape index (κ2) is 7.66. The molecule has 2 nitrogen and oxygen atoms in total. The molecule has 0 amide bonds. The standard InChI is InChI=1S/C15H19F4NOS/c1-2-20(22-13-4-3-9-21-10-13)14(15(17,18)19)11-5-7-12(16)8-6-11/h5-8,13-14H,2-4,9-10H2,1H3. The normalized spacial score (nSPS) is 21.1. The Kier molecular flexibility index (Phi) is 6.11. The quantitative estimate of drug-likeness (QED) is 0.576. The minimum absolute atomic E-state index is 0.0269. The number of nitrogens with zero attached hydrogens (tertiary/aromatic N) is 1. The van der Waals surface area contributed by atoms with Gasteiger partial charge in [-0.2, -0.15) is 13.2 Å². The van der Waals surface area contributed by atoms with Crippen LogP contribution in [0.15, 0.2) is 24.3 Å². The zero-order chi connectivity index (χ0) is 16.2. The van der Waals surface area contributed by atoms with Gasteiger partial charge in [0.05, 0.1) is 6.61 Å². The van der Waals surface area contributed by atoms with Crippen molar-refractivity contribution >= 4 is 11.9 Å². The van der Waals surface area contributed by atoms with E-state index in [0.29, 0.717) is 13.2 Å². The summed E-state index contributed by atoms with van der Waals surface area (Å²) >= 11 is 1.19. The van der Waals surface area contributed by atoms with E-state index in [1.54, 1.807) is 6.92 Å². The van der Waals surface area contributed by atoms with E-state index in [0.717, 1.165) is 25.0 Å². The van der Waals surface area contributed by atoms with Gasteiger partial charge in [0.25, 0.3) is 0 Å². The lowest BCUT2D eigenvalue weighted by Crippen LogP contribution is -2.36. The van der Waals surface area contributed by atoms with Gasteiger partial charge >= 0.3 is 6.18 Å². The molecule has 0 bridgehead atoms. The molecular formula is C15H19F4NOS. The van der Waals surface area contributed by atoms with Crippen LogP contribution < -0.4 is 0 Å². The van der Waals surface area contributed by atoms with Crippen molar-refractivity contribution < 1.29 is 22.3 Å². The van der Waals surface area contributed by atoms with Crippen LogP contribution in [0.5, 0.6) is 0 Å². The van der Waals surface area contributed by atoms with Crippen LogP contribution in [0.25, 0.3) is 0 Å². The lowest BCUT2D eigenvalue weighted by Gasteiger charge is -2.35. The third-order valence-corrected chi connectivity index (χ3v) is 4.91. The van der Waals surface area contributed by atoms with Crippen LogP contribution in [-0.2, 0) is 4.74 Å². The first-order chi connectivity index (χ1) is 10.4. The van der Waals surface area contributed by atoms with E-state index in [1.807, 2.05) is 0 Å².